The summed E-state index contributed by atoms with van der Waals surface area (Å²) in [4.78, 5) is 4.88. The predicted octanol–water partition coefficient (Wildman–Crippen LogP) is 2.99. The molecule has 0 saturated heterocycles. The van der Waals surface area contributed by atoms with E-state index in [2.05, 4.69) is 51.1 Å². The van der Waals surface area contributed by atoms with E-state index in [1.54, 1.807) is 0 Å². The summed E-state index contributed by atoms with van der Waals surface area (Å²) in [6.07, 6.45) is 2.14. The molecule has 1 atom stereocenters. The molecule has 0 aliphatic carbocycles. The van der Waals surface area contributed by atoms with Crippen molar-refractivity contribution in [3.63, 3.8) is 0 Å². The summed E-state index contributed by atoms with van der Waals surface area (Å²) in [5.74, 6) is 0.952. The van der Waals surface area contributed by atoms with Crippen LogP contribution in [0, 0.1) is 6.92 Å². The minimum atomic E-state index is -0.674. The number of hydrogen-bond acceptors (Lipinski definition) is 2. The summed E-state index contributed by atoms with van der Waals surface area (Å²) in [6.45, 7) is 6.36. The number of hydrogen-bond donors (Lipinski definition) is 0. The third-order valence-corrected chi connectivity index (χ3v) is 4.55. The van der Waals surface area contributed by atoms with E-state index in [-0.39, 0.29) is 0 Å². The zero-order chi connectivity index (χ0) is 14.6. The Morgan fingerprint density at radius 3 is 2.57 bits per heavy atom. The van der Waals surface area contributed by atoms with E-state index >= 15 is 0 Å². The molecule has 2 aliphatic rings. The van der Waals surface area contributed by atoms with Crippen LogP contribution >= 0.6 is 0 Å². The van der Waals surface area contributed by atoms with E-state index in [0.29, 0.717) is 0 Å². The van der Waals surface area contributed by atoms with Crippen LogP contribution in [-0.4, -0.2) is 5.72 Å². The van der Waals surface area contributed by atoms with Gasteiger partial charge in [0.25, 0.3) is 0 Å². The van der Waals surface area contributed by atoms with Crippen molar-refractivity contribution in [2.24, 2.45) is 4.99 Å². The van der Waals surface area contributed by atoms with Crippen LogP contribution in [0.15, 0.2) is 53.0 Å². The molecule has 0 fully saturated rings. The van der Waals surface area contributed by atoms with Gasteiger partial charge in [0.05, 0.1) is 5.36 Å². The number of allylic oxidation sites excluding steroid dienone is 1. The van der Waals surface area contributed by atoms with E-state index in [0.717, 1.165) is 27.5 Å². The Morgan fingerprint density at radius 2 is 1.76 bits per heavy atom. The molecule has 0 bridgehead atoms. The normalized spacial score (nSPS) is 22.2. The van der Waals surface area contributed by atoms with E-state index in [1.807, 2.05) is 18.2 Å². The van der Waals surface area contributed by atoms with Crippen molar-refractivity contribution in [1.29, 1.82) is 0 Å². The van der Waals surface area contributed by atoms with Gasteiger partial charge in [0.2, 0.25) is 5.72 Å². The highest BCUT2D eigenvalue weighted by Gasteiger charge is 2.39. The molecule has 0 amide bonds. The number of fused-ring (bicyclic) bond motifs is 2. The van der Waals surface area contributed by atoms with Crippen molar-refractivity contribution in [1.82, 2.24) is 0 Å². The minimum Gasteiger partial charge on any atom is -0.458 e. The molecule has 0 aromatic heterocycles. The molecule has 4 rings (SSSR count). The van der Waals surface area contributed by atoms with Crippen molar-refractivity contribution in [2.45, 2.75) is 26.5 Å². The molecule has 1 spiro atoms. The summed E-state index contributed by atoms with van der Waals surface area (Å²) in [5.41, 5.74) is 4.08. The highest BCUT2D eigenvalue weighted by atomic mass is 16.5. The fourth-order valence-corrected chi connectivity index (χ4v) is 3.16. The summed E-state index contributed by atoms with van der Waals surface area (Å²) < 4.78 is 6.40. The fraction of sp³-hybridized carbons (Fsp3) is 0.211. The lowest BCUT2D eigenvalue weighted by Gasteiger charge is -2.34. The Hall–Kier alpha value is -2.35. The standard InChI is InChI=1S/C19H17NO/c1-12-7-6-9-16-13(2)14(3)19(21-18(12)16)11-15-8-4-5-10-17(15)20-19/h4-11H,1-3H3. The van der Waals surface area contributed by atoms with Crippen LogP contribution in [0.1, 0.15) is 25.0 Å². The van der Waals surface area contributed by atoms with Gasteiger partial charge >= 0.3 is 0 Å². The van der Waals surface area contributed by atoms with Gasteiger partial charge in [-0.25, -0.2) is 4.99 Å². The van der Waals surface area contributed by atoms with Gasteiger partial charge in [-0.3, -0.25) is 0 Å². The molecule has 2 aromatic rings. The maximum absolute atomic E-state index is 6.40. The highest BCUT2D eigenvalue weighted by molar-refractivity contribution is 5.78. The molecule has 0 N–H and O–H groups in total. The second-order valence-electron chi connectivity index (χ2n) is 5.82. The van der Waals surface area contributed by atoms with E-state index in [9.17, 15) is 0 Å². The Balaban J connectivity index is 2.01. The Morgan fingerprint density at radius 1 is 0.952 bits per heavy atom. The van der Waals surface area contributed by atoms with Crippen LogP contribution in [0.4, 0.5) is 0 Å². The lowest BCUT2D eigenvalue weighted by Crippen LogP contribution is -2.35. The minimum absolute atomic E-state index is 0.674. The summed E-state index contributed by atoms with van der Waals surface area (Å²) in [7, 11) is 0. The molecular formula is C19H17NO. The maximum atomic E-state index is 6.40. The van der Waals surface area contributed by atoms with Gasteiger partial charge < -0.3 is 4.74 Å². The monoisotopic (exact) mass is 275 g/mol. The van der Waals surface area contributed by atoms with Gasteiger partial charge in [-0.2, -0.15) is 0 Å². The van der Waals surface area contributed by atoms with Gasteiger partial charge in [-0.15, -0.1) is 0 Å². The summed E-state index contributed by atoms with van der Waals surface area (Å²) in [5, 5.41) is 2.14. The van der Waals surface area contributed by atoms with Crippen LogP contribution in [0.3, 0.4) is 0 Å². The molecule has 2 heteroatoms. The van der Waals surface area contributed by atoms with Gasteiger partial charge in [0.15, 0.2) is 0 Å². The molecular weight excluding hydrogens is 258 g/mol. The topological polar surface area (TPSA) is 21.6 Å². The van der Waals surface area contributed by atoms with E-state index in [1.165, 1.54) is 11.1 Å². The summed E-state index contributed by atoms with van der Waals surface area (Å²) in [6, 6.07) is 14.5. The van der Waals surface area contributed by atoms with Gasteiger partial charge in [-0.05, 0) is 44.1 Å². The molecule has 21 heavy (non-hydrogen) atoms. The number of nitrogens with zero attached hydrogens (tertiary/aromatic N) is 1. The van der Waals surface area contributed by atoms with Crippen molar-refractivity contribution >= 4 is 11.6 Å². The Bertz CT molecular complexity index is 870. The molecule has 0 radical (unpaired) electrons. The number of ether oxygens (including phenoxy) is 1. The number of benzene rings is 2. The second kappa shape index (κ2) is 4.08. The first-order chi connectivity index (χ1) is 10.1. The smallest absolute Gasteiger partial charge is 0.243 e. The Kier molecular flexibility index (Phi) is 2.41. The quantitative estimate of drug-likeness (QED) is 0.724. The molecule has 2 aliphatic heterocycles. The average Bonchev–Trinajstić information content (AvgIpc) is 2.85. The zero-order valence-electron chi connectivity index (χ0n) is 12.5. The van der Waals surface area contributed by atoms with Gasteiger partial charge in [0.1, 0.15) is 5.75 Å². The van der Waals surface area contributed by atoms with E-state index < -0.39 is 5.72 Å². The lowest BCUT2D eigenvalue weighted by atomic mass is 9.90. The average molecular weight is 275 g/mol. The first kappa shape index (κ1) is 12.4. The largest absolute Gasteiger partial charge is 0.458 e. The molecule has 104 valence electrons. The lowest BCUT2D eigenvalue weighted by molar-refractivity contribution is 0.178. The van der Waals surface area contributed by atoms with Crippen LogP contribution in [0.25, 0.3) is 11.6 Å². The highest BCUT2D eigenvalue weighted by Crippen LogP contribution is 2.43. The first-order valence-electron chi connectivity index (χ1n) is 7.25. The molecule has 2 heterocycles. The van der Waals surface area contributed by atoms with Crippen molar-refractivity contribution in [2.75, 3.05) is 0 Å². The van der Waals surface area contributed by atoms with Crippen LogP contribution in [-0.2, 0) is 0 Å². The van der Waals surface area contributed by atoms with Gasteiger partial charge in [0, 0.05) is 16.4 Å². The van der Waals surface area contributed by atoms with Crippen molar-refractivity contribution in [3.05, 3.63) is 69.7 Å². The van der Waals surface area contributed by atoms with Gasteiger partial charge in [-0.1, -0.05) is 36.4 Å². The zero-order valence-corrected chi connectivity index (χ0v) is 12.5. The van der Waals surface area contributed by atoms with Crippen LogP contribution in [0.5, 0.6) is 5.75 Å². The van der Waals surface area contributed by atoms with Crippen LogP contribution < -0.4 is 15.3 Å². The molecule has 0 saturated carbocycles. The first-order valence-corrected chi connectivity index (χ1v) is 7.25. The summed E-state index contributed by atoms with van der Waals surface area (Å²) >= 11 is 0. The third-order valence-electron chi connectivity index (χ3n) is 4.55. The number of para-hydroxylation sites is 2. The second-order valence-corrected chi connectivity index (χ2v) is 5.82. The third kappa shape index (κ3) is 1.62. The fourth-order valence-electron chi connectivity index (χ4n) is 3.16. The number of aryl methyl sites for hydroxylation is 1. The Labute approximate surface area is 124 Å². The van der Waals surface area contributed by atoms with Crippen molar-refractivity contribution in [3.8, 4) is 5.75 Å². The molecule has 2 nitrogen and oxygen atoms in total. The molecule has 2 aromatic carbocycles. The molecule has 1 unspecified atom stereocenters. The SMILES string of the molecule is CC1=C(C)C2(C=c3ccccc3=N2)Oc2c(C)cccc21. The number of rotatable bonds is 0. The predicted molar refractivity (Wildman–Crippen MR) is 84.5 cm³/mol. The maximum Gasteiger partial charge on any atom is 0.243 e. The van der Waals surface area contributed by atoms with Crippen molar-refractivity contribution < 1.29 is 4.74 Å². The van der Waals surface area contributed by atoms with E-state index in [4.69, 9.17) is 9.73 Å². The van der Waals surface area contributed by atoms with Crippen LogP contribution in [0.2, 0.25) is 0 Å².